The van der Waals surface area contributed by atoms with Gasteiger partial charge in [-0.2, -0.15) is 13.2 Å². The molecule has 2 nitrogen and oxygen atoms in total. The number of nitrogens with two attached hydrogens (primary N) is 1. The predicted molar refractivity (Wildman–Crippen MR) is 75.1 cm³/mol. The van der Waals surface area contributed by atoms with Gasteiger partial charge in [-0.3, -0.25) is 0 Å². The van der Waals surface area contributed by atoms with Gasteiger partial charge in [0.2, 0.25) is 0 Å². The van der Waals surface area contributed by atoms with Crippen molar-refractivity contribution in [2.45, 2.75) is 6.18 Å². The first-order valence-corrected chi connectivity index (χ1v) is 6.34. The third kappa shape index (κ3) is 3.52. The highest BCUT2D eigenvalue weighted by Crippen LogP contribution is 2.34. The van der Waals surface area contributed by atoms with Gasteiger partial charge in [0.15, 0.2) is 0 Å². The Morgan fingerprint density at radius 1 is 1.05 bits per heavy atom. The molecule has 0 saturated carbocycles. The predicted octanol–water partition coefficient (Wildman–Crippen LogP) is 4.68. The fraction of sp³-hybridized carbons (Fsp3) is 0.0769. The Bertz CT molecular complexity index is 599. The molecule has 0 bridgehead atoms. The van der Waals surface area contributed by atoms with Crippen molar-refractivity contribution in [3.05, 3.63) is 51.6 Å². The molecule has 2 aromatic carbocycles. The van der Waals surface area contributed by atoms with Crippen molar-refractivity contribution in [3.63, 3.8) is 0 Å². The van der Waals surface area contributed by atoms with Gasteiger partial charge in [0, 0.05) is 3.57 Å². The lowest BCUT2D eigenvalue weighted by Crippen LogP contribution is -2.04. The van der Waals surface area contributed by atoms with Gasteiger partial charge in [0.1, 0.15) is 11.5 Å². The second-order valence-electron chi connectivity index (χ2n) is 3.81. The van der Waals surface area contributed by atoms with E-state index in [9.17, 15) is 13.2 Å². The van der Waals surface area contributed by atoms with Crippen LogP contribution < -0.4 is 10.5 Å². The highest BCUT2D eigenvalue weighted by Gasteiger charge is 2.30. The van der Waals surface area contributed by atoms with E-state index in [1.54, 1.807) is 18.2 Å². The minimum Gasteiger partial charge on any atom is -0.455 e. The highest BCUT2D eigenvalue weighted by atomic mass is 127. The molecule has 0 spiro atoms. The van der Waals surface area contributed by atoms with Gasteiger partial charge in [-0.15, -0.1) is 0 Å². The summed E-state index contributed by atoms with van der Waals surface area (Å²) in [5.74, 6) is 0.433. The number of hydrogen-bond acceptors (Lipinski definition) is 2. The number of anilines is 1. The van der Waals surface area contributed by atoms with Gasteiger partial charge in [-0.25, -0.2) is 0 Å². The molecule has 0 saturated heterocycles. The van der Waals surface area contributed by atoms with Gasteiger partial charge < -0.3 is 10.5 Å². The van der Waals surface area contributed by atoms with Crippen LogP contribution in [0.2, 0.25) is 0 Å². The first-order chi connectivity index (χ1) is 8.86. The van der Waals surface area contributed by atoms with Crippen LogP contribution in [0.3, 0.4) is 0 Å². The van der Waals surface area contributed by atoms with E-state index >= 15 is 0 Å². The van der Waals surface area contributed by atoms with Gasteiger partial charge in [-0.05, 0) is 59.0 Å². The summed E-state index contributed by atoms with van der Waals surface area (Å²) in [7, 11) is 0. The zero-order valence-corrected chi connectivity index (χ0v) is 11.7. The molecule has 100 valence electrons. The number of alkyl halides is 3. The summed E-state index contributed by atoms with van der Waals surface area (Å²) >= 11 is 2.08. The third-order valence-corrected chi connectivity index (χ3v) is 3.03. The lowest BCUT2D eigenvalue weighted by molar-refractivity contribution is -0.137. The zero-order valence-electron chi connectivity index (χ0n) is 9.54. The van der Waals surface area contributed by atoms with Crippen LogP contribution in [-0.2, 0) is 6.18 Å². The Balaban J connectivity index is 2.29. The van der Waals surface area contributed by atoms with Crippen LogP contribution in [0.15, 0.2) is 42.5 Å². The van der Waals surface area contributed by atoms with E-state index in [0.717, 1.165) is 15.7 Å². The molecular weight excluding hydrogens is 370 g/mol. The summed E-state index contributed by atoms with van der Waals surface area (Å²) in [6, 6.07) is 9.75. The molecule has 0 heterocycles. The van der Waals surface area contributed by atoms with Crippen molar-refractivity contribution in [3.8, 4) is 11.5 Å². The molecule has 0 aliphatic carbocycles. The van der Waals surface area contributed by atoms with Crippen molar-refractivity contribution < 1.29 is 17.9 Å². The number of ether oxygens (including phenoxy) is 1. The average molecular weight is 379 g/mol. The van der Waals surface area contributed by atoms with Crippen molar-refractivity contribution in [2.75, 3.05) is 5.73 Å². The first kappa shape index (κ1) is 14.0. The normalized spacial score (nSPS) is 11.4. The zero-order chi connectivity index (χ0) is 14.0. The first-order valence-electron chi connectivity index (χ1n) is 5.26. The molecule has 2 aromatic rings. The van der Waals surface area contributed by atoms with Crippen LogP contribution in [-0.4, -0.2) is 0 Å². The summed E-state index contributed by atoms with van der Waals surface area (Å²) in [6.07, 6.45) is -4.39. The van der Waals surface area contributed by atoms with Gasteiger partial charge in [-0.1, -0.05) is 6.07 Å². The molecule has 0 amide bonds. The maximum absolute atomic E-state index is 12.6. The quantitative estimate of drug-likeness (QED) is 0.607. The monoisotopic (exact) mass is 379 g/mol. The van der Waals surface area contributed by atoms with Gasteiger partial charge in [0.05, 0.1) is 11.3 Å². The second-order valence-corrected chi connectivity index (χ2v) is 5.06. The van der Waals surface area contributed by atoms with E-state index in [-0.39, 0.29) is 5.75 Å². The standard InChI is InChI=1S/C13H9F3INO/c14-13(15,16)8-2-1-3-10(6-8)19-12-5-4-9(17)7-11(12)18/h1-7H,18H2. The SMILES string of the molecule is Nc1cc(I)ccc1Oc1cccc(C(F)(F)F)c1. The van der Waals surface area contributed by atoms with Crippen LogP contribution >= 0.6 is 22.6 Å². The molecule has 0 aromatic heterocycles. The summed E-state index contributed by atoms with van der Waals surface area (Å²) in [5, 5.41) is 0. The summed E-state index contributed by atoms with van der Waals surface area (Å²) in [4.78, 5) is 0. The maximum atomic E-state index is 12.6. The van der Waals surface area contributed by atoms with Crippen LogP contribution in [0.4, 0.5) is 18.9 Å². The fourth-order valence-electron chi connectivity index (χ4n) is 1.48. The number of hydrogen-bond donors (Lipinski definition) is 1. The Morgan fingerprint density at radius 3 is 2.42 bits per heavy atom. The number of halogens is 4. The van der Waals surface area contributed by atoms with Crippen molar-refractivity contribution in [1.82, 2.24) is 0 Å². The number of rotatable bonds is 2. The highest BCUT2D eigenvalue weighted by molar-refractivity contribution is 14.1. The second kappa shape index (κ2) is 5.28. The number of nitrogen functional groups attached to an aromatic ring is 1. The molecule has 0 radical (unpaired) electrons. The summed E-state index contributed by atoms with van der Waals surface area (Å²) in [6.45, 7) is 0. The molecule has 0 fully saturated rings. The van der Waals surface area contributed by atoms with E-state index in [1.165, 1.54) is 12.1 Å². The molecule has 6 heteroatoms. The Morgan fingerprint density at radius 2 is 1.79 bits per heavy atom. The fourth-order valence-corrected chi connectivity index (χ4v) is 1.99. The number of benzene rings is 2. The Kier molecular flexibility index (Phi) is 3.88. The lowest BCUT2D eigenvalue weighted by atomic mass is 10.2. The minimum atomic E-state index is -4.39. The van der Waals surface area contributed by atoms with Crippen LogP contribution in [0.5, 0.6) is 11.5 Å². The maximum Gasteiger partial charge on any atom is 0.416 e. The molecule has 0 aliphatic rings. The molecule has 0 unspecified atom stereocenters. The van der Waals surface area contributed by atoms with Crippen LogP contribution in [0, 0.1) is 3.57 Å². The van der Waals surface area contributed by atoms with Crippen LogP contribution in [0.1, 0.15) is 5.56 Å². The van der Waals surface area contributed by atoms with Crippen molar-refractivity contribution in [1.29, 1.82) is 0 Å². The Hall–Kier alpha value is -1.44. The molecule has 0 atom stereocenters. The van der Waals surface area contributed by atoms with Crippen LogP contribution in [0.25, 0.3) is 0 Å². The summed E-state index contributed by atoms with van der Waals surface area (Å²) in [5.41, 5.74) is 5.36. The van der Waals surface area contributed by atoms with Gasteiger partial charge >= 0.3 is 6.18 Å². The minimum absolute atomic E-state index is 0.0998. The van der Waals surface area contributed by atoms with E-state index in [4.69, 9.17) is 10.5 Å². The van der Waals surface area contributed by atoms with E-state index in [0.29, 0.717) is 11.4 Å². The largest absolute Gasteiger partial charge is 0.455 e. The van der Waals surface area contributed by atoms with E-state index < -0.39 is 11.7 Å². The lowest BCUT2D eigenvalue weighted by Gasteiger charge is -2.11. The molecule has 0 aliphatic heterocycles. The van der Waals surface area contributed by atoms with Crippen molar-refractivity contribution in [2.24, 2.45) is 0 Å². The topological polar surface area (TPSA) is 35.2 Å². The van der Waals surface area contributed by atoms with E-state index in [2.05, 4.69) is 22.6 Å². The molecule has 2 N–H and O–H groups in total. The van der Waals surface area contributed by atoms with E-state index in [1.807, 2.05) is 0 Å². The smallest absolute Gasteiger partial charge is 0.416 e. The average Bonchev–Trinajstić information content (AvgIpc) is 2.32. The van der Waals surface area contributed by atoms with Crippen molar-refractivity contribution >= 4 is 28.3 Å². The van der Waals surface area contributed by atoms with Gasteiger partial charge in [0.25, 0.3) is 0 Å². The molecule has 2 rings (SSSR count). The molecular formula is C13H9F3INO. The Labute approximate surface area is 121 Å². The summed E-state index contributed by atoms with van der Waals surface area (Å²) < 4.78 is 44.0. The third-order valence-electron chi connectivity index (χ3n) is 2.36. The molecule has 19 heavy (non-hydrogen) atoms.